The molecule has 3 rings (SSSR count). The van der Waals surface area contributed by atoms with Crippen molar-refractivity contribution in [2.24, 2.45) is 0 Å². The highest BCUT2D eigenvalue weighted by molar-refractivity contribution is 6.31. The molecule has 1 fully saturated rings. The van der Waals surface area contributed by atoms with Gasteiger partial charge in [-0.15, -0.1) is 0 Å². The first-order valence-electron chi connectivity index (χ1n) is 8.63. The number of rotatable bonds is 6. The number of nitrogens with zero attached hydrogens (tertiary/aromatic N) is 1. The zero-order valence-corrected chi connectivity index (χ0v) is 15.4. The third-order valence-corrected chi connectivity index (χ3v) is 4.48. The minimum absolute atomic E-state index is 0.115. The Hall–Kier alpha value is -2.53. The van der Waals surface area contributed by atoms with Crippen molar-refractivity contribution in [3.05, 3.63) is 53.1 Å². The first-order valence-corrected chi connectivity index (χ1v) is 9.01. The molecule has 1 heterocycles. The van der Waals surface area contributed by atoms with Crippen LogP contribution in [0.15, 0.2) is 42.5 Å². The van der Waals surface area contributed by atoms with Crippen molar-refractivity contribution in [1.29, 1.82) is 0 Å². The molecular formula is C20H21ClN2O3. The van der Waals surface area contributed by atoms with Crippen LogP contribution in [0.2, 0.25) is 5.02 Å². The van der Waals surface area contributed by atoms with Gasteiger partial charge in [0.1, 0.15) is 5.75 Å². The number of carbonyl (C=O) groups is 2. The number of benzene rings is 2. The summed E-state index contributed by atoms with van der Waals surface area (Å²) in [4.78, 5) is 25.6. The Balaban J connectivity index is 1.66. The van der Waals surface area contributed by atoms with E-state index < -0.39 is 0 Å². The van der Waals surface area contributed by atoms with Gasteiger partial charge in [0, 0.05) is 31.0 Å². The van der Waals surface area contributed by atoms with Crippen molar-refractivity contribution >= 4 is 29.1 Å². The number of hydrogen-bond acceptors (Lipinski definition) is 3. The highest BCUT2D eigenvalue weighted by atomic mass is 35.5. The van der Waals surface area contributed by atoms with Crippen LogP contribution in [0.25, 0.3) is 0 Å². The molecule has 0 radical (unpaired) electrons. The summed E-state index contributed by atoms with van der Waals surface area (Å²) >= 11 is 6.06. The lowest BCUT2D eigenvalue weighted by atomic mass is 10.2. The predicted octanol–water partition coefficient (Wildman–Crippen LogP) is 4.39. The molecule has 1 aliphatic rings. The fraction of sp³-hybridized carbons (Fsp3) is 0.300. The lowest BCUT2D eigenvalue weighted by Crippen LogP contribution is -2.28. The van der Waals surface area contributed by atoms with Crippen LogP contribution in [0.5, 0.6) is 11.5 Å². The zero-order valence-electron chi connectivity index (χ0n) is 14.6. The number of nitrogens with one attached hydrogen (secondary N) is 1. The summed E-state index contributed by atoms with van der Waals surface area (Å²) in [6.07, 6.45) is 1.68. The maximum absolute atomic E-state index is 12.3. The summed E-state index contributed by atoms with van der Waals surface area (Å²) in [6.45, 7) is 3.16. The fourth-order valence-corrected chi connectivity index (χ4v) is 2.98. The molecule has 1 saturated heterocycles. The number of amides is 2. The molecule has 26 heavy (non-hydrogen) atoms. The Kier molecular flexibility index (Phi) is 5.78. The van der Waals surface area contributed by atoms with Gasteiger partial charge < -0.3 is 15.0 Å². The van der Waals surface area contributed by atoms with Crippen LogP contribution in [0.1, 0.15) is 24.8 Å². The van der Waals surface area contributed by atoms with E-state index in [1.54, 1.807) is 23.1 Å². The van der Waals surface area contributed by atoms with Crippen molar-refractivity contribution in [2.45, 2.75) is 26.2 Å². The summed E-state index contributed by atoms with van der Waals surface area (Å²) in [5.41, 5.74) is 1.65. The molecule has 1 N–H and O–H groups in total. The summed E-state index contributed by atoms with van der Waals surface area (Å²) in [5, 5.41) is 3.34. The first kappa shape index (κ1) is 18.3. The molecule has 0 aliphatic carbocycles. The number of halogens is 1. The average Bonchev–Trinajstić information content (AvgIpc) is 3.02. The largest absolute Gasteiger partial charge is 0.455 e. The fourth-order valence-electron chi connectivity index (χ4n) is 2.81. The second-order valence-electron chi connectivity index (χ2n) is 6.34. The van der Waals surface area contributed by atoms with Crippen LogP contribution in [0.3, 0.4) is 0 Å². The van der Waals surface area contributed by atoms with Gasteiger partial charge in [0.2, 0.25) is 11.8 Å². The predicted molar refractivity (Wildman–Crippen MR) is 102 cm³/mol. The van der Waals surface area contributed by atoms with Crippen molar-refractivity contribution in [2.75, 3.05) is 18.4 Å². The number of aryl methyl sites for hydroxylation is 1. The van der Waals surface area contributed by atoms with Crippen molar-refractivity contribution in [1.82, 2.24) is 4.90 Å². The molecule has 6 heteroatoms. The normalized spacial score (nSPS) is 13.8. The first-order chi connectivity index (χ1) is 12.5. The van der Waals surface area contributed by atoms with Gasteiger partial charge in [-0.2, -0.15) is 0 Å². The molecule has 136 valence electrons. The van der Waals surface area contributed by atoms with Gasteiger partial charge in [0.25, 0.3) is 0 Å². The molecule has 0 aromatic heterocycles. The van der Waals surface area contributed by atoms with E-state index in [2.05, 4.69) is 5.32 Å². The van der Waals surface area contributed by atoms with Gasteiger partial charge in [-0.25, -0.2) is 0 Å². The van der Waals surface area contributed by atoms with Gasteiger partial charge in [-0.05, 0) is 43.7 Å². The van der Waals surface area contributed by atoms with E-state index in [4.69, 9.17) is 16.3 Å². The molecule has 0 unspecified atom stereocenters. The van der Waals surface area contributed by atoms with Crippen LogP contribution >= 0.6 is 11.6 Å². The van der Waals surface area contributed by atoms with E-state index in [0.717, 1.165) is 18.5 Å². The lowest BCUT2D eigenvalue weighted by molar-refractivity contribution is -0.128. The molecule has 0 atom stereocenters. The second-order valence-corrected chi connectivity index (χ2v) is 6.77. The lowest BCUT2D eigenvalue weighted by Gasteiger charge is -2.16. The summed E-state index contributed by atoms with van der Waals surface area (Å²) in [7, 11) is 0. The molecule has 0 spiro atoms. The molecule has 2 aromatic rings. The average molecular weight is 373 g/mol. The van der Waals surface area contributed by atoms with E-state index in [1.165, 1.54) is 0 Å². The second kappa shape index (κ2) is 8.23. The van der Waals surface area contributed by atoms with Crippen molar-refractivity contribution in [3.63, 3.8) is 0 Å². The number of likely N-dealkylation sites (tertiary alicyclic amines) is 1. The Labute approximate surface area is 157 Å². The van der Waals surface area contributed by atoms with Crippen LogP contribution < -0.4 is 10.1 Å². The third-order valence-electron chi connectivity index (χ3n) is 4.24. The maximum atomic E-state index is 12.3. The van der Waals surface area contributed by atoms with Gasteiger partial charge >= 0.3 is 0 Å². The van der Waals surface area contributed by atoms with E-state index >= 15 is 0 Å². The number of anilines is 1. The van der Waals surface area contributed by atoms with Crippen molar-refractivity contribution in [3.8, 4) is 11.5 Å². The van der Waals surface area contributed by atoms with Crippen LogP contribution in [0.4, 0.5) is 5.69 Å². The highest BCUT2D eigenvalue weighted by Gasteiger charge is 2.20. The summed E-state index contributed by atoms with van der Waals surface area (Å²) in [6, 6.07) is 12.7. The molecule has 5 nitrogen and oxygen atoms in total. The van der Waals surface area contributed by atoms with Gasteiger partial charge in [0.05, 0.1) is 5.69 Å². The minimum Gasteiger partial charge on any atom is -0.455 e. The van der Waals surface area contributed by atoms with E-state index in [0.29, 0.717) is 35.2 Å². The summed E-state index contributed by atoms with van der Waals surface area (Å²) < 4.78 is 5.88. The SMILES string of the molecule is Cc1ccc(Oc2ccc(Cl)cc2NC(=O)CCN2CCCC2=O)cc1. The molecule has 1 aliphatic heterocycles. The maximum Gasteiger partial charge on any atom is 0.226 e. The summed E-state index contributed by atoms with van der Waals surface area (Å²) in [5.74, 6) is 1.13. The minimum atomic E-state index is -0.180. The van der Waals surface area contributed by atoms with Gasteiger partial charge in [-0.3, -0.25) is 9.59 Å². The quantitative estimate of drug-likeness (QED) is 0.818. The van der Waals surface area contributed by atoms with Gasteiger partial charge in [-0.1, -0.05) is 29.3 Å². The van der Waals surface area contributed by atoms with Crippen LogP contribution in [-0.4, -0.2) is 29.8 Å². The number of ether oxygens (including phenoxy) is 1. The van der Waals surface area contributed by atoms with E-state index in [1.807, 2.05) is 31.2 Å². The standard InChI is InChI=1S/C20H21ClN2O3/c1-14-4-7-16(8-5-14)26-18-9-6-15(21)13-17(18)22-19(24)10-12-23-11-2-3-20(23)25/h4-9,13H,2-3,10-12H2,1H3,(H,22,24). The molecule has 2 aromatic carbocycles. The Morgan fingerprint density at radius 1 is 1.23 bits per heavy atom. The van der Waals surface area contributed by atoms with E-state index in [9.17, 15) is 9.59 Å². The monoisotopic (exact) mass is 372 g/mol. The van der Waals surface area contributed by atoms with Gasteiger partial charge in [0.15, 0.2) is 5.75 Å². The Bertz CT molecular complexity index is 805. The Morgan fingerprint density at radius 2 is 2.00 bits per heavy atom. The molecule has 0 bridgehead atoms. The third kappa shape index (κ3) is 4.76. The van der Waals surface area contributed by atoms with Crippen LogP contribution in [-0.2, 0) is 9.59 Å². The van der Waals surface area contributed by atoms with Crippen molar-refractivity contribution < 1.29 is 14.3 Å². The molecule has 0 saturated carbocycles. The van der Waals surface area contributed by atoms with E-state index in [-0.39, 0.29) is 18.2 Å². The van der Waals surface area contributed by atoms with Crippen LogP contribution in [0, 0.1) is 6.92 Å². The zero-order chi connectivity index (χ0) is 18.5. The number of carbonyl (C=O) groups excluding carboxylic acids is 2. The smallest absolute Gasteiger partial charge is 0.226 e. The number of hydrogen-bond donors (Lipinski definition) is 1. The highest BCUT2D eigenvalue weighted by Crippen LogP contribution is 2.32. The topological polar surface area (TPSA) is 58.6 Å². The Morgan fingerprint density at radius 3 is 2.69 bits per heavy atom. The molecule has 2 amide bonds. The molecular weight excluding hydrogens is 352 g/mol.